The Kier molecular flexibility index (Phi) is 5.44. The molecule has 0 saturated carbocycles. The number of benzene rings is 3. The largest absolute Gasteiger partial charge is 0.491 e. The average Bonchev–Trinajstić information content (AvgIpc) is 3.45. The van der Waals surface area contributed by atoms with Crippen molar-refractivity contribution >= 4 is 28.3 Å². The Morgan fingerprint density at radius 3 is 2.46 bits per heavy atom. The van der Waals surface area contributed by atoms with Crippen molar-refractivity contribution in [3.63, 3.8) is 0 Å². The lowest BCUT2D eigenvalue weighted by Gasteiger charge is -2.29. The molecular weight excluding hydrogens is 436 g/mol. The van der Waals surface area contributed by atoms with Crippen LogP contribution in [0, 0.1) is 0 Å². The molecule has 178 valence electrons. The number of nitrogens with zero attached hydrogens (tertiary/aromatic N) is 3. The first kappa shape index (κ1) is 21.7. The second-order valence-electron chi connectivity index (χ2n) is 9.76. The molecule has 6 rings (SSSR count). The minimum Gasteiger partial charge on any atom is -0.491 e. The molecule has 1 saturated heterocycles. The summed E-state index contributed by atoms with van der Waals surface area (Å²) < 4.78 is 5.74. The van der Waals surface area contributed by atoms with Crippen molar-refractivity contribution in [3.8, 4) is 17.1 Å². The van der Waals surface area contributed by atoms with Crippen LogP contribution in [0.15, 0.2) is 60.7 Å². The minimum atomic E-state index is 0.0565. The molecule has 1 amide bonds. The van der Waals surface area contributed by atoms with E-state index in [9.17, 15) is 4.79 Å². The number of piperidine rings is 1. The van der Waals surface area contributed by atoms with Crippen LogP contribution < -0.4 is 14.5 Å². The molecule has 2 aliphatic heterocycles. The molecule has 1 N–H and O–H groups in total. The Morgan fingerprint density at radius 1 is 0.914 bits per heavy atom. The molecule has 4 aromatic rings. The predicted molar refractivity (Wildman–Crippen MR) is 140 cm³/mol. The maximum absolute atomic E-state index is 13.2. The number of fused-ring (bicyclic) bond motifs is 2. The fraction of sp³-hybridized carbons (Fsp3) is 0.310. The quantitative estimate of drug-likeness (QED) is 0.382. The maximum atomic E-state index is 13.2. The van der Waals surface area contributed by atoms with Crippen LogP contribution in [-0.4, -0.2) is 35.1 Å². The number of rotatable bonds is 5. The van der Waals surface area contributed by atoms with E-state index < -0.39 is 0 Å². The third kappa shape index (κ3) is 4.14. The first-order chi connectivity index (χ1) is 17.0. The van der Waals surface area contributed by atoms with Crippen molar-refractivity contribution in [2.75, 3.05) is 22.9 Å². The highest BCUT2D eigenvalue weighted by Crippen LogP contribution is 2.33. The zero-order valence-corrected chi connectivity index (χ0v) is 20.3. The van der Waals surface area contributed by atoms with E-state index in [1.165, 1.54) is 24.9 Å². The van der Waals surface area contributed by atoms with E-state index in [0.29, 0.717) is 6.54 Å². The summed E-state index contributed by atoms with van der Waals surface area (Å²) in [6, 6.07) is 20.3. The summed E-state index contributed by atoms with van der Waals surface area (Å²) >= 11 is 0. The lowest BCUT2D eigenvalue weighted by molar-refractivity contribution is 0.0996. The van der Waals surface area contributed by atoms with Gasteiger partial charge >= 0.3 is 0 Å². The molecule has 3 heterocycles. The van der Waals surface area contributed by atoms with Crippen LogP contribution in [0.1, 0.15) is 49.0 Å². The highest BCUT2D eigenvalue weighted by atomic mass is 16.5. The van der Waals surface area contributed by atoms with Crippen LogP contribution in [0.25, 0.3) is 22.4 Å². The average molecular weight is 467 g/mol. The Hall–Kier alpha value is -3.80. The monoisotopic (exact) mass is 466 g/mol. The number of aromatic amines is 1. The number of aromatic nitrogens is 2. The van der Waals surface area contributed by atoms with Crippen LogP contribution in [0.4, 0.5) is 11.4 Å². The summed E-state index contributed by atoms with van der Waals surface area (Å²) in [5, 5.41) is 0. The number of H-pyrrole nitrogens is 1. The highest BCUT2D eigenvalue weighted by molar-refractivity contribution is 6.10. The van der Waals surface area contributed by atoms with Crippen molar-refractivity contribution in [1.29, 1.82) is 0 Å². The summed E-state index contributed by atoms with van der Waals surface area (Å²) in [4.78, 5) is 25.7. The summed E-state index contributed by atoms with van der Waals surface area (Å²) in [6.07, 6.45) is 3.93. The number of anilines is 2. The van der Waals surface area contributed by atoms with Gasteiger partial charge in [-0.15, -0.1) is 0 Å². The van der Waals surface area contributed by atoms with Crippen LogP contribution in [0.3, 0.4) is 0 Å². The van der Waals surface area contributed by atoms with E-state index in [0.717, 1.165) is 58.1 Å². The maximum Gasteiger partial charge on any atom is 0.258 e. The van der Waals surface area contributed by atoms with Gasteiger partial charge in [-0.05, 0) is 99.3 Å². The molecule has 3 aromatic carbocycles. The number of imidazole rings is 1. The summed E-state index contributed by atoms with van der Waals surface area (Å²) in [5.74, 6) is 1.70. The van der Waals surface area contributed by atoms with E-state index in [-0.39, 0.29) is 12.0 Å². The molecule has 0 spiro atoms. The van der Waals surface area contributed by atoms with E-state index in [2.05, 4.69) is 22.0 Å². The van der Waals surface area contributed by atoms with Crippen molar-refractivity contribution in [1.82, 2.24) is 9.97 Å². The van der Waals surface area contributed by atoms with Gasteiger partial charge in [0, 0.05) is 35.6 Å². The van der Waals surface area contributed by atoms with Gasteiger partial charge in [0.25, 0.3) is 5.91 Å². The molecule has 0 atom stereocenters. The topological polar surface area (TPSA) is 61.5 Å². The number of ether oxygens (including phenoxy) is 1. The van der Waals surface area contributed by atoms with E-state index in [4.69, 9.17) is 9.72 Å². The van der Waals surface area contributed by atoms with E-state index in [1.54, 1.807) is 0 Å². The second kappa shape index (κ2) is 8.77. The minimum absolute atomic E-state index is 0.0565. The number of hydrogen-bond donors (Lipinski definition) is 1. The summed E-state index contributed by atoms with van der Waals surface area (Å²) in [6.45, 7) is 6.82. The van der Waals surface area contributed by atoms with Gasteiger partial charge in [0.05, 0.1) is 23.7 Å². The van der Waals surface area contributed by atoms with Gasteiger partial charge in [0.2, 0.25) is 0 Å². The molecule has 2 aliphatic rings. The summed E-state index contributed by atoms with van der Waals surface area (Å²) in [7, 11) is 0. The predicted octanol–water partition coefficient (Wildman–Crippen LogP) is 6.17. The van der Waals surface area contributed by atoms with Gasteiger partial charge in [-0.2, -0.15) is 0 Å². The molecule has 6 heteroatoms. The van der Waals surface area contributed by atoms with Gasteiger partial charge in [-0.25, -0.2) is 4.98 Å². The Labute approximate surface area is 205 Å². The zero-order chi connectivity index (χ0) is 23.9. The van der Waals surface area contributed by atoms with Crippen LogP contribution in [0.5, 0.6) is 5.75 Å². The normalized spacial score (nSPS) is 15.8. The Bertz CT molecular complexity index is 1380. The number of amides is 1. The molecule has 0 aliphatic carbocycles. The SMILES string of the molecule is CC(C)Oc1ccc(-c2nc3cc(N4Cc5cc(N6CCCCC6)ccc5C4=O)ccc3[nH]2)cc1. The summed E-state index contributed by atoms with van der Waals surface area (Å²) in [5.41, 5.74) is 6.79. The van der Waals surface area contributed by atoms with Gasteiger partial charge < -0.3 is 19.5 Å². The van der Waals surface area contributed by atoms with Crippen molar-refractivity contribution in [2.45, 2.75) is 45.8 Å². The first-order valence-corrected chi connectivity index (χ1v) is 12.5. The van der Waals surface area contributed by atoms with E-state index in [1.807, 2.05) is 67.3 Å². The fourth-order valence-electron chi connectivity index (χ4n) is 5.13. The Morgan fingerprint density at radius 2 is 1.69 bits per heavy atom. The van der Waals surface area contributed by atoms with Gasteiger partial charge in [0.15, 0.2) is 0 Å². The molecule has 6 nitrogen and oxygen atoms in total. The van der Waals surface area contributed by atoms with Crippen molar-refractivity contribution < 1.29 is 9.53 Å². The van der Waals surface area contributed by atoms with E-state index >= 15 is 0 Å². The van der Waals surface area contributed by atoms with Gasteiger partial charge in [-0.3, -0.25) is 4.79 Å². The Balaban J connectivity index is 1.24. The number of hydrogen-bond acceptors (Lipinski definition) is 4. The van der Waals surface area contributed by atoms with Crippen molar-refractivity contribution in [2.24, 2.45) is 0 Å². The first-order valence-electron chi connectivity index (χ1n) is 12.5. The lowest BCUT2D eigenvalue weighted by Crippen LogP contribution is -2.29. The number of carbonyl (C=O) groups excluding carboxylic acids is 1. The molecule has 1 aromatic heterocycles. The standard InChI is InChI=1S/C29H30N4O2/c1-19(2)35-24-10-6-20(7-11-24)28-30-26-13-9-23(17-27(26)31-28)33-18-21-16-22(8-12-25(21)29(33)34)32-14-4-3-5-15-32/h6-13,16-17,19H,3-5,14-15,18H2,1-2H3,(H,30,31). The zero-order valence-electron chi connectivity index (χ0n) is 20.3. The lowest BCUT2D eigenvalue weighted by atomic mass is 10.1. The number of carbonyl (C=O) groups is 1. The van der Waals surface area contributed by atoms with Crippen molar-refractivity contribution in [3.05, 3.63) is 71.8 Å². The third-order valence-electron chi connectivity index (χ3n) is 6.89. The molecule has 0 bridgehead atoms. The fourth-order valence-corrected chi connectivity index (χ4v) is 5.13. The molecule has 35 heavy (non-hydrogen) atoms. The highest BCUT2D eigenvalue weighted by Gasteiger charge is 2.29. The van der Waals surface area contributed by atoms with Crippen LogP contribution in [0.2, 0.25) is 0 Å². The molecule has 1 fully saturated rings. The van der Waals surface area contributed by atoms with Crippen LogP contribution in [-0.2, 0) is 6.54 Å². The number of nitrogens with one attached hydrogen (secondary N) is 1. The van der Waals surface area contributed by atoms with Gasteiger partial charge in [-0.1, -0.05) is 0 Å². The molecule has 0 unspecified atom stereocenters. The molecular formula is C29H30N4O2. The van der Waals surface area contributed by atoms with Crippen LogP contribution >= 0.6 is 0 Å². The third-order valence-corrected chi connectivity index (χ3v) is 6.89. The smallest absolute Gasteiger partial charge is 0.258 e. The molecule has 0 radical (unpaired) electrons. The van der Waals surface area contributed by atoms with Gasteiger partial charge in [0.1, 0.15) is 11.6 Å². The second-order valence-corrected chi connectivity index (χ2v) is 9.76.